The lowest BCUT2D eigenvalue weighted by atomic mass is 10.1. The van der Waals surface area contributed by atoms with Crippen LogP contribution in [0.3, 0.4) is 0 Å². The molecular weight excluding hydrogens is 294 g/mol. The van der Waals surface area contributed by atoms with Crippen LogP contribution in [0.15, 0.2) is 43.0 Å². The molecular formula is C17H21N3O3. The number of carbonyl (C=O) groups excluding carboxylic acids is 3. The molecule has 0 saturated carbocycles. The summed E-state index contributed by atoms with van der Waals surface area (Å²) in [6.07, 6.45) is 2.70. The smallest absolute Gasteiger partial charge is 0.324 e. The average Bonchev–Trinajstić information content (AvgIpc) is 2.84. The molecule has 122 valence electrons. The van der Waals surface area contributed by atoms with Crippen molar-refractivity contribution in [1.29, 1.82) is 0 Å². The first-order chi connectivity index (χ1) is 11.1. The summed E-state index contributed by atoms with van der Waals surface area (Å²) in [5.74, 6) is -0.419. The Morgan fingerprint density at radius 3 is 2.74 bits per heavy atom. The van der Waals surface area contributed by atoms with Crippen LogP contribution < -0.4 is 10.6 Å². The average molecular weight is 315 g/mol. The molecule has 0 aliphatic carbocycles. The van der Waals surface area contributed by atoms with E-state index in [1.807, 2.05) is 30.3 Å². The van der Waals surface area contributed by atoms with E-state index in [1.165, 1.54) is 4.90 Å². The summed E-state index contributed by atoms with van der Waals surface area (Å²) in [5.41, 5.74) is 1.07. The molecule has 6 heteroatoms. The van der Waals surface area contributed by atoms with E-state index in [9.17, 15) is 14.4 Å². The molecule has 2 rings (SSSR count). The highest BCUT2D eigenvalue weighted by Gasteiger charge is 2.37. The molecule has 0 bridgehead atoms. The zero-order valence-corrected chi connectivity index (χ0v) is 13.0. The van der Waals surface area contributed by atoms with Crippen LogP contribution in [-0.2, 0) is 16.0 Å². The van der Waals surface area contributed by atoms with Gasteiger partial charge < -0.3 is 10.6 Å². The first-order valence-corrected chi connectivity index (χ1v) is 7.65. The molecule has 6 nitrogen and oxygen atoms in total. The van der Waals surface area contributed by atoms with Gasteiger partial charge in [0.25, 0.3) is 5.91 Å². The predicted octanol–water partition coefficient (Wildman–Crippen LogP) is 1.23. The van der Waals surface area contributed by atoms with Gasteiger partial charge in [0.1, 0.15) is 6.04 Å². The van der Waals surface area contributed by atoms with Gasteiger partial charge in [-0.2, -0.15) is 0 Å². The van der Waals surface area contributed by atoms with Crippen LogP contribution in [0.1, 0.15) is 18.4 Å². The van der Waals surface area contributed by atoms with Crippen molar-refractivity contribution in [2.75, 3.05) is 13.1 Å². The third kappa shape index (κ3) is 4.67. The van der Waals surface area contributed by atoms with Gasteiger partial charge in [-0.3, -0.25) is 14.5 Å². The zero-order chi connectivity index (χ0) is 16.7. The minimum Gasteiger partial charge on any atom is -0.353 e. The molecule has 4 amide bonds. The Balaban J connectivity index is 1.82. The van der Waals surface area contributed by atoms with E-state index in [-0.39, 0.29) is 24.3 Å². The number of nitrogens with one attached hydrogen (secondary N) is 2. The van der Waals surface area contributed by atoms with Crippen molar-refractivity contribution in [2.24, 2.45) is 0 Å². The second-order valence-electron chi connectivity index (χ2n) is 5.36. The Kier molecular flexibility index (Phi) is 5.91. The standard InChI is InChI=1S/C17H21N3O3/c1-2-11-18-15(21)9-8-14-16(22)20(17(23)19-14)12-10-13-6-4-3-5-7-13/h2-7,14H,1,8-12H2,(H,18,21)(H,19,23)/t14-/m1/s1. The molecule has 0 aromatic heterocycles. The van der Waals surface area contributed by atoms with Crippen LogP contribution >= 0.6 is 0 Å². The number of amides is 4. The maximum atomic E-state index is 12.3. The van der Waals surface area contributed by atoms with Crippen molar-refractivity contribution in [2.45, 2.75) is 25.3 Å². The summed E-state index contributed by atoms with van der Waals surface area (Å²) in [7, 11) is 0. The van der Waals surface area contributed by atoms with Crippen molar-refractivity contribution in [3.8, 4) is 0 Å². The lowest BCUT2D eigenvalue weighted by Crippen LogP contribution is -2.34. The predicted molar refractivity (Wildman–Crippen MR) is 86.6 cm³/mol. The highest BCUT2D eigenvalue weighted by Crippen LogP contribution is 2.12. The van der Waals surface area contributed by atoms with Crippen LogP contribution in [0.4, 0.5) is 4.79 Å². The molecule has 1 aromatic rings. The summed E-state index contributed by atoms with van der Waals surface area (Å²) in [6.45, 7) is 4.25. The number of nitrogens with zero attached hydrogens (tertiary/aromatic N) is 1. The first kappa shape index (κ1) is 16.7. The topological polar surface area (TPSA) is 78.5 Å². The van der Waals surface area contributed by atoms with E-state index in [0.717, 1.165) is 5.56 Å². The van der Waals surface area contributed by atoms with E-state index in [4.69, 9.17) is 0 Å². The van der Waals surface area contributed by atoms with Crippen molar-refractivity contribution < 1.29 is 14.4 Å². The van der Waals surface area contributed by atoms with Gasteiger partial charge in [-0.25, -0.2) is 4.79 Å². The number of hydrogen-bond acceptors (Lipinski definition) is 3. The molecule has 0 radical (unpaired) electrons. The van der Waals surface area contributed by atoms with Crippen LogP contribution in [0.5, 0.6) is 0 Å². The SMILES string of the molecule is C=CCNC(=O)CC[C@H]1NC(=O)N(CCc2ccccc2)C1=O. The fourth-order valence-corrected chi connectivity index (χ4v) is 2.42. The monoisotopic (exact) mass is 315 g/mol. The second-order valence-corrected chi connectivity index (χ2v) is 5.36. The number of urea groups is 1. The van der Waals surface area contributed by atoms with Gasteiger partial charge in [0.05, 0.1) is 0 Å². The minimum atomic E-state index is -0.618. The summed E-state index contributed by atoms with van der Waals surface area (Å²) < 4.78 is 0. The fraction of sp³-hybridized carbons (Fsp3) is 0.353. The lowest BCUT2D eigenvalue weighted by Gasteiger charge is -2.13. The molecule has 23 heavy (non-hydrogen) atoms. The second kappa shape index (κ2) is 8.12. The number of rotatable bonds is 8. The van der Waals surface area contributed by atoms with Gasteiger partial charge in [-0.15, -0.1) is 6.58 Å². The van der Waals surface area contributed by atoms with Gasteiger partial charge in [0.2, 0.25) is 5.91 Å². The molecule has 1 aromatic carbocycles. The molecule has 1 saturated heterocycles. The van der Waals surface area contributed by atoms with Crippen LogP contribution in [-0.4, -0.2) is 41.9 Å². The molecule has 1 aliphatic heterocycles. The number of hydrogen-bond donors (Lipinski definition) is 2. The number of carbonyl (C=O) groups is 3. The summed E-state index contributed by atoms with van der Waals surface area (Å²) >= 11 is 0. The minimum absolute atomic E-state index is 0.158. The molecule has 0 unspecified atom stereocenters. The summed E-state index contributed by atoms with van der Waals surface area (Å²) in [4.78, 5) is 36.9. The number of imide groups is 1. The van der Waals surface area contributed by atoms with E-state index in [2.05, 4.69) is 17.2 Å². The normalized spacial score (nSPS) is 17.0. The molecule has 1 atom stereocenters. The molecule has 1 fully saturated rings. The Morgan fingerprint density at radius 1 is 1.30 bits per heavy atom. The van der Waals surface area contributed by atoms with Gasteiger partial charge in [0.15, 0.2) is 0 Å². The van der Waals surface area contributed by atoms with Gasteiger partial charge in [-0.05, 0) is 18.4 Å². The van der Waals surface area contributed by atoms with Crippen molar-refractivity contribution in [1.82, 2.24) is 15.5 Å². The Labute approximate surface area is 135 Å². The molecule has 0 spiro atoms. The zero-order valence-electron chi connectivity index (χ0n) is 13.0. The Morgan fingerprint density at radius 2 is 2.04 bits per heavy atom. The van der Waals surface area contributed by atoms with E-state index >= 15 is 0 Å². The van der Waals surface area contributed by atoms with Crippen molar-refractivity contribution in [3.63, 3.8) is 0 Å². The van der Waals surface area contributed by atoms with Gasteiger partial charge >= 0.3 is 6.03 Å². The first-order valence-electron chi connectivity index (χ1n) is 7.65. The maximum Gasteiger partial charge on any atom is 0.324 e. The maximum absolute atomic E-state index is 12.3. The summed E-state index contributed by atoms with van der Waals surface area (Å²) in [5, 5.41) is 5.28. The third-order valence-corrected chi connectivity index (χ3v) is 3.68. The van der Waals surface area contributed by atoms with Gasteiger partial charge in [-0.1, -0.05) is 36.4 Å². The quantitative estimate of drug-likeness (QED) is 0.559. The molecule has 2 N–H and O–H groups in total. The largest absolute Gasteiger partial charge is 0.353 e. The van der Waals surface area contributed by atoms with Crippen LogP contribution in [0, 0.1) is 0 Å². The Bertz CT molecular complexity index is 586. The summed E-state index contributed by atoms with van der Waals surface area (Å²) in [6, 6.07) is 8.68. The Hall–Kier alpha value is -2.63. The van der Waals surface area contributed by atoms with Gasteiger partial charge in [0, 0.05) is 19.5 Å². The van der Waals surface area contributed by atoms with Crippen LogP contribution in [0.25, 0.3) is 0 Å². The van der Waals surface area contributed by atoms with Crippen LogP contribution in [0.2, 0.25) is 0 Å². The molecule has 1 heterocycles. The molecule has 1 aliphatic rings. The van der Waals surface area contributed by atoms with E-state index in [1.54, 1.807) is 6.08 Å². The lowest BCUT2D eigenvalue weighted by molar-refractivity contribution is -0.127. The fourth-order valence-electron chi connectivity index (χ4n) is 2.42. The highest BCUT2D eigenvalue weighted by atomic mass is 16.2. The number of benzene rings is 1. The van der Waals surface area contributed by atoms with Crippen molar-refractivity contribution >= 4 is 17.8 Å². The highest BCUT2D eigenvalue weighted by molar-refractivity contribution is 6.04. The third-order valence-electron chi connectivity index (χ3n) is 3.68. The van der Waals surface area contributed by atoms with E-state index in [0.29, 0.717) is 25.9 Å². The van der Waals surface area contributed by atoms with Crippen molar-refractivity contribution in [3.05, 3.63) is 48.6 Å². The van der Waals surface area contributed by atoms with E-state index < -0.39 is 6.04 Å².